The molecule has 0 spiro atoms. The van der Waals surface area contributed by atoms with E-state index in [4.69, 9.17) is 12.6 Å². The van der Waals surface area contributed by atoms with Crippen LogP contribution in [0.3, 0.4) is 0 Å². The third-order valence-electron chi connectivity index (χ3n) is 0.861. The van der Waals surface area contributed by atoms with Crippen LogP contribution in [-0.4, -0.2) is 32.2 Å². The molecule has 0 N–H and O–H groups in total. The molecule has 1 aromatic rings. The van der Waals surface area contributed by atoms with Crippen LogP contribution in [0, 0.1) is 0 Å². The second-order valence-corrected chi connectivity index (χ2v) is 2.70. The molecule has 0 aliphatic rings. The molecule has 0 aliphatic carbocycles. The number of aliphatic carboxylic acids is 1. The zero-order chi connectivity index (χ0) is 9.40. The number of hydrogen-bond donors (Lipinski definition) is 0. The number of carbonyl (C=O) groups excluding carboxylic acids is 1. The topological polar surface area (TPSA) is 49.4 Å². The Balaban J connectivity index is 0.000000261. The Bertz CT molecular complexity index is 219. The van der Waals surface area contributed by atoms with Crippen molar-refractivity contribution in [3.8, 4) is 5.75 Å². The molecular weight excluding hydrogens is 351 g/mol. The van der Waals surface area contributed by atoms with Gasteiger partial charge in [0.1, 0.15) is 0 Å². The summed E-state index contributed by atoms with van der Waals surface area (Å²) >= 11 is 0.777. The fourth-order valence-electron chi connectivity index (χ4n) is 0.489. The van der Waals surface area contributed by atoms with Crippen LogP contribution in [0.5, 0.6) is 5.75 Å². The molecule has 0 fully saturated rings. The van der Waals surface area contributed by atoms with Crippen LogP contribution >= 0.6 is 0 Å². The molecule has 4 heteroatoms. The van der Waals surface area contributed by atoms with Gasteiger partial charge in [-0.15, -0.1) is 0 Å². The summed E-state index contributed by atoms with van der Waals surface area (Å²) in [6.45, 7) is 0.972. The molecule has 1 rings (SSSR count). The predicted octanol–water partition coefficient (Wildman–Crippen LogP) is -0.0949. The molecule has 12 heavy (non-hydrogen) atoms. The average Bonchev–Trinajstić information content (AvgIpc) is 2.05. The van der Waals surface area contributed by atoms with Gasteiger partial charge in [-0.25, -0.2) is 0 Å². The maximum absolute atomic E-state index is 8.89. The predicted molar refractivity (Wildman–Crippen MR) is 43.5 cm³/mol. The quantitative estimate of drug-likeness (QED) is 0.659. The molecule has 0 aliphatic heterocycles. The fraction of sp³-hybridized carbons (Fsp3) is 0.125. The minimum atomic E-state index is -1.08. The van der Waals surface area contributed by atoms with Crippen molar-refractivity contribution in [3.05, 3.63) is 30.3 Å². The van der Waals surface area contributed by atoms with Crippen molar-refractivity contribution in [2.75, 3.05) is 0 Å². The van der Waals surface area contributed by atoms with E-state index < -0.39 is 5.97 Å². The first kappa shape index (κ1) is 11.4. The maximum atomic E-state index is 8.89. The summed E-state index contributed by atoms with van der Waals surface area (Å²) in [7, 11) is 0. The van der Waals surface area contributed by atoms with Crippen molar-refractivity contribution >= 4 is 32.2 Å². The summed E-state index contributed by atoms with van der Waals surface area (Å²) in [5, 5.41) is 8.89. The zero-order valence-electron chi connectivity index (χ0n) is 6.61. The molecule has 0 amide bonds. The minimum absolute atomic E-state index is 0.777. The number of hydrogen-bond acceptors (Lipinski definition) is 3. The van der Waals surface area contributed by atoms with Gasteiger partial charge in [-0.05, 0) is 6.92 Å². The Labute approximate surface area is 87.7 Å². The fourth-order valence-corrected chi connectivity index (χ4v) is 1.02. The van der Waals surface area contributed by atoms with Gasteiger partial charge in [0.2, 0.25) is 0 Å². The van der Waals surface area contributed by atoms with Crippen molar-refractivity contribution < 1.29 is 12.6 Å². The van der Waals surface area contributed by atoms with Crippen molar-refractivity contribution in [1.29, 1.82) is 0 Å². The Morgan fingerprint density at radius 3 is 2.08 bits per heavy atom. The first-order chi connectivity index (χ1) is 5.66. The SMILES string of the molecule is CC(=O)[O-].[Pb+][O]c1ccccc1. The van der Waals surface area contributed by atoms with Gasteiger partial charge in [-0.1, -0.05) is 0 Å². The molecule has 0 atom stereocenters. The summed E-state index contributed by atoms with van der Waals surface area (Å²) in [6.07, 6.45) is 0. The van der Waals surface area contributed by atoms with Crippen LogP contribution in [0.4, 0.5) is 0 Å². The van der Waals surface area contributed by atoms with Gasteiger partial charge in [0, 0.05) is 5.97 Å². The molecule has 1 aromatic carbocycles. The van der Waals surface area contributed by atoms with Gasteiger partial charge in [0.15, 0.2) is 0 Å². The second-order valence-electron chi connectivity index (χ2n) is 1.91. The van der Waals surface area contributed by atoms with E-state index >= 15 is 0 Å². The number of benzene rings is 1. The average molecular weight is 359 g/mol. The molecule has 0 unspecified atom stereocenters. The molecule has 2 radical (unpaired) electrons. The molecule has 3 nitrogen and oxygen atoms in total. The summed E-state index contributed by atoms with van der Waals surface area (Å²) < 4.78 is 5.05. The Hall–Kier alpha value is -0.588. The Morgan fingerprint density at radius 1 is 1.42 bits per heavy atom. The first-order valence-corrected chi connectivity index (χ1v) is 4.81. The van der Waals surface area contributed by atoms with Crippen molar-refractivity contribution in [1.82, 2.24) is 0 Å². The molecule has 0 bridgehead atoms. The van der Waals surface area contributed by atoms with Gasteiger partial charge in [0.25, 0.3) is 0 Å². The second kappa shape index (κ2) is 7.08. The van der Waals surface area contributed by atoms with E-state index in [0.29, 0.717) is 0 Å². The molecular formula is C8H8O3Pb. The third kappa shape index (κ3) is 7.52. The van der Waals surface area contributed by atoms with Gasteiger partial charge in [-0.2, -0.15) is 0 Å². The van der Waals surface area contributed by atoms with E-state index in [9.17, 15) is 0 Å². The number of carbonyl (C=O) groups is 1. The molecule has 0 heterocycles. The Kier molecular flexibility index (Phi) is 6.74. The van der Waals surface area contributed by atoms with Crippen LogP contribution in [-0.2, 0) is 4.79 Å². The van der Waals surface area contributed by atoms with Crippen molar-refractivity contribution in [3.63, 3.8) is 0 Å². The summed E-state index contributed by atoms with van der Waals surface area (Å²) in [5.41, 5.74) is 0. The first-order valence-electron chi connectivity index (χ1n) is 3.23. The van der Waals surface area contributed by atoms with E-state index in [1.54, 1.807) is 0 Å². The molecule has 62 valence electrons. The molecule has 0 aromatic heterocycles. The van der Waals surface area contributed by atoms with Crippen molar-refractivity contribution in [2.24, 2.45) is 0 Å². The summed E-state index contributed by atoms with van der Waals surface area (Å²) in [5.74, 6) is -0.112. The third-order valence-corrected chi connectivity index (χ3v) is 1.78. The monoisotopic (exact) mass is 360 g/mol. The standard InChI is InChI=1S/C6H6O.C2H4O2.Pb/c7-6-4-2-1-3-5-6;1-2(3)4;/h1-5,7H;1H3,(H,3,4);/q;;+2/p-2. The van der Waals surface area contributed by atoms with Crippen LogP contribution in [0.1, 0.15) is 6.92 Å². The van der Waals surface area contributed by atoms with Gasteiger partial charge < -0.3 is 9.90 Å². The van der Waals surface area contributed by atoms with E-state index in [2.05, 4.69) is 0 Å². The van der Waals surface area contributed by atoms with Gasteiger partial charge in [-0.3, -0.25) is 0 Å². The normalized spacial score (nSPS) is 7.75. The Morgan fingerprint density at radius 2 is 1.83 bits per heavy atom. The van der Waals surface area contributed by atoms with E-state index in [0.717, 1.165) is 38.9 Å². The zero-order valence-corrected chi connectivity index (χ0v) is 10.5. The van der Waals surface area contributed by atoms with E-state index in [1.165, 1.54) is 0 Å². The van der Waals surface area contributed by atoms with Crippen LogP contribution in [0.2, 0.25) is 0 Å². The molecule has 0 saturated heterocycles. The van der Waals surface area contributed by atoms with Crippen LogP contribution in [0.15, 0.2) is 30.3 Å². The van der Waals surface area contributed by atoms with Gasteiger partial charge >= 0.3 is 65.0 Å². The number of carboxylic acid groups (broad SMARTS) is 1. The number of carboxylic acids is 1. The summed E-state index contributed by atoms with van der Waals surface area (Å²) in [6, 6.07) is 9.81. The number of para-hydroxylation sites is 1. The van der Waals surface area contributed by atoms with Crippen LogP contribution < -0.4 is 7.79 Å². The van der Waals surface area contributed by atoms with Crippen molar-refractivity contribution in [2.45, 2.75) is 6.92 Å². The van der Waals surface area contributed by atoms with E-state index in [-0.39, 0.29) is 0 Å². The van der Waals surface area contributed by atoms with E-state index in [1.807, 2.05) is 30.3 Å². The number of rotatable bonds is 1. The van der Waals surface area contributed by atoms with Crippen LogP contribution in [0.25, 0.3) is 0 Å². The molecule has 0 saturated carbocycles. The van der Waals surface area contributed by atoms with Gasteiger partial charge in [0.05, 0.1) is 0 Å². The summed E-state index contributed by atoms with van der Waals surface area (Å²) in [4.78, 5) is 8.89.